The van der Waals surface area contributed by atoms with Crippen molar-refractivity contribution in [3.05, 3.63) is 41.6 Å². The van der Waals surface area contributed by atoms with Crippen LogP contribution < -0.4 is 11.1 Å². The van der Waals surface area contributed by atoms with Crippen LogP contribution in [0.1, 0.15) is 11.1 Å². The third-order valence-electron chi connectivity index (χ3n) is 2.67. The summed E-state index contributed by atoms with van der Waals surface area (Å²) in [5.41, 5.74) is 8.30. The van der Waals surface area contributed by atoms with Crippen LogP contribution in [0.2, 0.25) is 0 Å². The Morgan fingerprint density at radius 1 is 1.50 bits per heavy atom. The van der Waals surface area contributed by atoms with E-state index in [4.69, 9.17) is 5.73 Å². The molecule has 18 heavy (non-hydrogen) atoms. The van der Waals surface area contributed by atoms with Crippen LogP contribution in [-0.2, 0) is 18.3 Å². The number of amides is 1. The number of hydrogen-bond donors (Lipinski definition) is 2. The number of aryl methyl sites for hydroxylation is 2. The fourth-order valence-electron chi connectivity index (χ4n) is 1.79. The fourth-order valence-corrected chi connectivity index (χ4v) is 1.79. The van der Waals surface area contributed by atoms with Crippen LogP contribution in [0.3, 0.4) is 0 Å². The first-order chi connectivity index (χ1) is 8.56. The van der Waals surface area contributed by atoms with Gasteiger partial charge in [0.2, 0.25) is 5.91 Å². The SMILES string of the molecule is Cc1cccc(CC(=O)Nc2c(N)cnn2C)c1. The maximum atomic E-state index is 11.9. The van der Waals surface area contributed by atoms with E-state index in [1.54, 1.807) is 11.7 Å². The molecule has 94 valence electrons. The summed E-state index contributed by atoms with van der Waals surface area (Å²) >= 11 is 0. The van der Waals surface area contributed by atoms with Crippen LogP contribution in [0.5, 0.6) is 0 Å². The average Bonchev–Trinajstić information content (AvgIpc) is 2.61. The second kappa shape index (κ2) is 4.91. The first kappa shape index (κ1) is 12.2. The molecule has 1 aromatic carbocycles. The molecule has 2 rings (SSSR count). The topological polar surface area (TPSA) is 72.9 Å². The second-order valence-electron chi connectivity index (χ2n) is 4.29. The lowest BCUT2D eigenvalue weighted by atomic mass is 10.1. The fraction of sp³-hybridized carbons (Fsp3) is 0.231. The average molecular weight is 244 g/mol. The van der Waals surface area contributed by atoms with Gasteiger partial charge in [0.05, 0.1) is 18.3 Å². The van der Waals surface area contributed by atoms with Crippen molar-refractivity contribution < 1.29 is 4.79 Å². The minimum absolute atomic E-state index is 0.101. The van der Waals surface area contributed by atoms with Gasteiger partial charge in [0.15, 0.2) is 5.82 Å². The standard InChI is InChI=1S/C13H16N4O/c1-9-4-3-5-10(6-9)7-12(18)16-13-11(14)8-15-17(13)2/h3-6,8H,7,14H2,1-2H3,(H,16,18). The van der Waals surface area contributed by atoms with Gasteiger partial charge in [-0.05, 0) is 12.5 Å². The van der Waals surface area contributed by atoms with Gasteiger partial charge in [-0.2, -0.15) is 5.10 Å². The zero-order valence-electron chi connectivity index (χ0n) is 10.5. The maximum absolute atomic E-state index is 11.9. The predicted molar refractivity (Wildman–Crippen MR) is 71.1 cm³/mol. The van der Waals surface area contributed by atoms with E-state index < -0.39 is 0 Å². The van der Waals surface area contributed by atoms with E-state index in [9.17, 15) is 4.79 Å². The first-order valence-electron chi connectivity index (χ1n) is 5.69. The molecule has 5 nitrogen and oxygen atoms in total. The monoisotopic (exact) mass is 244 g/mol. The van der Waals surface area contributed by atoms with E-state index in [1.165, 1.54) is 6.20 Å². The Balaban J connectivity index is 2.06. The highest BCUT2D eigenvalue weighted by atomic mass is 16.1. The summed E-state index contributed by atoms with van der Waals surface area (Å²) < 4.78 is 1.55. The molecule has 1 aromatic heterocycles. The number of aromatic nitrogens is 2. The van der Waals surface area contributed by atoms with Gasteiger partial charge in [-0.25, -0.2) is 0 Å². The van der Waals surface area contributed by atoms with Gasteiger partial charge in [0.1, 0.15) is 0 Å². The number of carbonyl (C=O) groups excluding carboxylic acids is 1. The van der Waals surface area contributed by atoms with Crippen molar-refractivity contribution in [2.24, 2.45) is 7.05 Å². The molecule has 0 aliphatic heterocycles. The van der Waals surface area contributed by atoms with E-state index in [0.29, 0.717) is 17.9 Å². The Labute approximate surface area is 106 Å². The zero-order chi connectivity index (χ0) is 13.1. The molecule has 0 unspecified atom stereocenters. The smallest absolute Gasteiger partial charge is 0.229 e. The highest BCUT2D eigenvalue weighted by Gasteiger charge is 2.10. The van der Waals surface area contributed by atoms with Crippen molar-refractivity contribution in [1.29, 1.82) is 0 Å². The van der Waals surface area contributed by atoms with Crippen LogP contribution in [-0.4, -0.2) is 15.7 Å². The molecule has 0 spiro atoms. The van der Waals surface area contributed by atoms with Crippen LogP contribution in [0.4, 0.5) is 11.5 Å². The van der Waals surface area contributed by atoms with Crippen LogP contribution >= 0.6 is 0 Å². The molecule has 0 atom stereocenters. The maximum Gasteiger partial charge on any atom is 0.229 e. The van der Waals surface area contributed by atoms with E-state index in [2.05, 4.69) is 10.4 Å². The summed E-state index contributed by atoms with van der Waals surface area (Å²) in [4.78, 5) is 11.9. The number of carbonyl (C=O) groups is 1. The van der Waals surface area contributed by atoms with E-state index in [-0.39, 0.29) is 5.91 Å². The molecule has 3 N–H and O–H groups in total. The molecular weight excluding hydrogens is 228 g/mol. The molecule has 0 saturated heterocycles. The van der Waals surface area contributed by atoms with Gasteiger partial charge in [-0.1, -0.05) is 29.8 Å². The van der Waals surface area contributed by atoms with Crippen molar-refractivity contribution in [2.45, 2.75) is 13.3 Å². The van der Waals surface area contributed by atoms with E-state index in [1.807, 2.05) is 31.2 Å². The highest BCUT2D eigenvalue weighted by Crippen LogP contribution is 2.16. The Bertz CT molecular complexity index is 555. The van der Waals surface area contributed by atoms with E-state index in [0.717, 1.165) is 11.1 Å². The van der Waals surface area contributed by atoms with Crippen molar-refractivity contribution in [2.75, 3.05) is 11.1 Å². The Morgan fingerprint density at radius 3 is 2.89 bits per heavy atom. The molecule has 0 bridgehead atoms. The summed E-state index contributed by atoms with van der Waals surface area (Å²) in [7, 11) is 1.73. The van der Waals surface area contributed by atoms with Crippen LogP contribution in [0, 0.1) is 6.92 Å². The quantitative estimate of drug-likeness (QED) is 0.859. The summed E-state index contributed by atoms with van der Waals surface area (Å²) in [5, 5.41) is 6.73. The van der Waals surface area contributed by atoms with Crippen LogP contribution in [0.15, 0.2) is 30.5 Å². The van der Waals surface area contributed by atoms with E-state index >= 15 is 0 Å². The Kier molecular flexibility index (Phi) is 3.32. The number of hydrogen-bond acceptors (Lipinski definition) is 3. The molecule has 0 aliphatic rings. The van der Waals surface area contributed by atoms with Gasteiger partial charge in [-0.15, -0.1) is 0 Å². The van der Waals surface area contributed by atoms with Gasteiger partial charge in [0, 0.05) is 7.05 Å². The third kappa shape index (κ3) is 2.68. The van der Waals surface area contributed by atoms with Crippen LogP contribution in [0.25, 0.3) is 0 Å². The van der Waals surface area contributed by atoms with Gasteiger partial charge in [-0.3, -0.25) is 9.48 Å². The largest absolute Gasteiger partial charge is 0.394 e. The number of rotatable bonds is 3. The van der Waals surface area contributed by atoms with Gasteiger partial charge < -0.3 is 11.1 Å². The highest BCUT2D eigenvalue weighted by molar-refractivity contribution is 5.93. The predicted octanol–water partition coefficient (Wildman–Crippen LogP) is 1.49. The van der Waals surface area contributed by atoms with Crippen molar-refractivity contribution in [3.63, 3.8) is 0 Å². The number of anilines is 2. The third-order valence-corrected chi connectivity index (χ3v) is 2.67. The molecule has 2 aromatic rings. The lowest BCUT2D eigenvalue weighted by Gasteiger charge is -2.07. The number of nitrogen functional groups attached to an aromatic ring is 1. The second-order valence-corrected chi connectivity index (χ2v) is 4.29. The lowest BCUT2D eigenvalue weighted by molar-refractivity contribution is -0.115. The normalized spacial score (nSPS) is 10.3. The molecular formula is C13H16N4O. The molecule has 5 heteroatoms. The summed E-state index contributed by atoms with van der Waals surface area (Å²) in [6, 6.07) is 7.86. The molecule has 0 saturated carbocycles. The van der Waals surface area contributed by atoms with Crippen molar-refractivity contribution >= 4 is 17.4 Å². The molecule has 0 aliphatic carbocycles. The minimum atomic E-state index is -0.101. The minimum Gasteiger partial charge on any atom is -0.394 e. The number of nitrogens with two attached hydrogens (primary N) is 1. The summed E-state index contributed by atoms with van der Waals surface area (Å²) in [6.07, 6.45) is 1.84. The molecule has 0 fully saturated rings. The summed E-state index contributed by atoms with van der Waals surface area (Å²) in [5.74, 6) is 0.434. The Morgan fingerprint density at radius 2 is 2.28 bits per heavy atom. The van der Waals surface area contributed by atoms with Gasteiger partial charge in [0.25, 0.3) is 0 Å². The van der Waals surface area contributed by atoms with Gasteiger partial charge >= 0.3 is 0 Å². The number of nitrogens with one attached hydrogen (secondary N) is 1. The molecule has 0 radical (unpaired) electrons. The lowest BCUT2D eigenvalue weighted by Crippen LogP contribution is -2.17. The number of benzene rings is 1. The zero-order valence-corrected chi connectivity index (χ0v) is 10.5. The molecule has 1 heterocycles. The molecule has 1 amide bonds. The van der Waals surface area contributed by atoms with Crippen molar-refractivity contribution in [1.82, 2.24) is 9.78 Å². The van der Waals surface area contributed by atoms with Crippen molar-refractivity contribution in [3.8, 4) is 0 Å². The Hall–Kier alpha value is -2.30. The summed E-state index contributed by atoms with van der Waals surface area (Å²) in [6.45, 7) is 2.00. The number of nitrogens with zero attached hydrogens (tertiary/aromatic N) is 2. The first-order valence-corrected chi connectivity index (χ1v) is 5.69.